The Morgan fingerprint density at radius 2 is 1.31 bits per heavy atom. The smallest absolute Gasteiger partial charge is 0.0797 e. The monoisotopic (exact) mass is 390 g/mol. The Kier molecular flexibility index (Phi) is 6.03. The number of aromatic nitrogens is 2. The van der Waals surface area contributed by atoms with Crippen LogP contribution in [0.5, 0.6) is 0 Å². The number of hydrogen-bond donors (Lipinski definition) is 0. The molecule has 1 saturated heterocycles. The Bertz CT molecular complexity index is 650. The molecule has 0 spiro atoms. The molecule has 1 saturated carbocycles. The van der Waals surface area contributed by atoms with Gasteiger partial charge in [-0.15, -0.1) is 22.7 Å². The number of piperazine rings is 1. The zero-order chi connectivity index (χ0) is 17.9. The van der Waals surface area contributed by atoms with E-state index in [0.717, 1.165) is 12.1 Å². The summed E-state index contributed by atoms with van der Waals surface area (Å²) in [5, 5.41) is 0. The van der Waals surface area contributed by atoms with Crippen molar-refractivity contribution < 1.29 is 0 Å². The van der Waals surface area contributed by atoms with E-state index in [1.165, 1.54) is 85.8 Å². The van der Waals surface area contributed by atoms with Gasteiger partial charge >= 0.3 is 0 Å². The number of hydrogen-bond acceptors (Lipinski definition) is 6. The maximum Gasteiger partial charge on any atom is 0.0797 e. The highest BCUT2D eigenvalue weighted by atomic mass is 32.1. The molecule has 142 valence electrons. The summed E-state index contributed by atoms with van der Waals surface area (Å²) in [7, 11) is 0. The van der Waals surface area contributed by atoms with E-state index in [1.54, 1.807) is 0 Å². The maximum absolute atomic E-state index is 4.42. The number of thiazole rings is 2. The minimum Gasteiger partial charge on any atom is -0.297 e. The molecule has 0 unspecified atom stereocenters. The van der Waals surface area contributed by atoms with Crippen molar-refractivity contribution in [1.29, 1.82) is 0 Å². The largest absolute Gasteiger partial charge is 0.297 e. The molecule has 0 bridgehead atoms. The molecule has 2 fully saturated rings. The van der Waals surface area contributed by atoms with Gasteiger partial charge < -0.3 is 0 Å². The minimum atomic E-state index is 0.758. The first-order chi connectivity index (χ1) is 12.7. The predicted molar refractivity (Wildman–Crippen MR) is 110 cm³/mol. The Labute approximate surface area is 165 Å². The third-order valence-corrected chi connectivity index (χ3v) is 8.24. The van der Waals surface area contributed by atoms with Crippen LogP contribution in [0.25, 0.3) is 0 Å². The quantitative estimate of drug-likeness (QED) is 0.748. The predicted octanol–water partition coefficient (Wildman–Crippen LogP) is 3.93. The lowest BCUT2D eigenvalue weighted by molar-refractivity contribution is -0.00261. The number of aryl methyl sites for hydroxylation is 2. The molecule has 0 radical (unpaired) electrons. The summed E-state index contributed by atoms with van der Waals surface area (Å²) < 4.78 is 0. The summed E-state index contributed by atoms with van der Waals surface area (Å²) in [6, 6.07) is 1.52. The Morgan fingerprint density at radius 1 is 0.846 bits per heavy atom. The zero-order valence-corrected chi connectivity index (χ0v) is 17.6. The second-order valence-corrected chi connectivity index (χ2v) is 9.59. The summed E-state index contributed by atoms with van der Waals surface area (Å²) in [6.45, 7) is 9.14. The average molecular weight is 391 g/mol. The molecule has 26 heavy (non-hydrogen) atoms. The fourth-order valence-electron chi connectivity index (χ4n) is 4.71. The molecule has 2 aliphatic rings. The van der Waals surface area contributed by atoms with Crippen molar-refractivity contribution in [2.45, 2.75) is 64.5 Å². The highest BCUT2D eigenvalue weighted by Gasteiger charge is 2.37. The molecule has 1 aliphatic heterocycles. The van der Waals surface area contributed by atoms with Gasteiger partial charge in [-0.2, -0.15) is 0 Å². The Hall–Kier alpha value is -0.820. The zero-order valence-electron chi connectivity index (χ0n) is 16.0. The molecule has 2 aromatic rings. The summed E-state index contributed by atoms with van der Waals surface area (Å²) in [5.41, 5.74) is 6.45. The summed E-state index contributed by atoms with van der Waals surface area (Å²) in [6.07, 6.45) is 7.89. The van der Waals surface area contributed by atoms with E-state index in [9.17, 15) is 0 Å². The SMILES string of the molecule is Cc1ncsc1CCN1CCN(CCc2scnc2C)[C@@H]2CCCC[C@H]21. The van der Waals surface area contributed by atoms with E-state index in [0.29, 0.717) is 0 Å². The second-order valence-electron chi connectivity index (χ2n) is 7.71. The second kappa shape index (κ2) is 8.46. The van der Waals surface area contributed by atoms with Gasteiger partial charge in [0.1, 0.15) is 0 Å². The first-order valence-corrected chi connectivity index (χ1v) is 11.7. The summed E-state index contributed by atoms with van der Waals surface area (Å²) >= 11 is 3.65. The van der Waals surface area contributed by atoms with Crippen molar-refractivity contribution in [3.8, 4) is 0 Å². The van der Waals surface area contributed by atoms with E-state index < -0.39 is 0 Å². The summed E-state index contributed by atoms with van der Waals surface area (Å²) in [5.74, 6) is 0. The van der Waals surface area contributed by atoms with E-state index in [-0.39, 0.29) is 0 Å². The van der Waals surface area contributed by atoms with Gasteiger partial charge in [0, 0.05) is 48.0 Å². The van der Waals surface area contributed by atoms with Crippen LogP contribution >= 0.6 is 22.7 Å². The van der Waals surface area contributed by atoms with Crippen LogP contribution < -0.4 is 0 Å². The average Bonchev–Trinajstić information content (AvgIpc) is 3.26. The van der Waals surface area contributed by atoms with Gasteiger partial charge in [-0.25, -0.2) is 9.97 Å². The third-order valence-electron chi connectivity index (χ3n) is 6.25. The molecule has 2 aromatic heterocycles. The Balaban J connectivity index is 1.37. The first-order valence-electron chi connectivity index (χ1n) is 9.98. The van der Waals surface area contributed by atoms with Crippen LogP contribution in [0, 0.1) is 13.8 Å². The van der Waals surface area contributed by atoms with Crippen LogP contribution in [0.3, 0.4) is 0 Å². The highest BCUT2D eigenvalue weighted by molar-refractivity contribution is 7.10. The van der Waals surface area contributed by atoms with Crippen LogP contribution in [-0.4, -0.2) is 58.0 Å². The highest BCUT2D eigenvalue weighted by Crippen LogP contribution is 2.31. The van der Waals surface area contributed by atoms with Crippen LogP contribution in [0.2, 0.25) is 0 Å². The maximum atomic E-state index is 4.42. The molecule has 0 N–H and O–H groups in total. The van der Waals surface area contributed by atoms with Gasteiger partial charge in [0.05, 0.1) is 22.4 Å². The molecule has 4 nitrogen and oxygen atoms in total. The van der Waals surface area contributed by atoms with Crippen molar-refractivity contribution in [2.24, 2.45) is 0 Å². The fourth-order valence-corrected chi connectivity index (χ4v) is 6.25. The molecule has 6 heteroatoms. The lowest BCUT2D eigenvalue weighted by Crippen LogP contribution is -2.61. The number of fused-ring (bicyclic) bond motifs is 1. The molecule has 2 atom stereocenters. The van der Waals surface area contributed by atoms with E-state index in [1.807, 2.05) is 33.7 Å². The van der Waals surface area contributed by atoms with Gasteiger partial charge in [0.25, 0.3) is 0 Å². The molecule has 1 aliphatic carbocycles. The number of nitrogens with zero attached hydrogens (tertiary/aromatic N) is 4. The van der Waals surface area contributed by atoms with Gasteiger partial charge in [-0.3, -0.25) is 9.80 Å². The van der Waals surface area contributed by atoms with Crippen molar-refractivity contribution in [3.63, 3.8) is 0 Å². The van der Waals surface area contributed by atoms with Crippen LogP contribution in [0.1, 0.15) is 46.8 Å². The van der Waals surface area contributed by atoms with Crippen LogP contribution in [-0.2, 0) is 12.8 Å². The van der Waals surface area contributed by atoms with Crippen LogP contribution in [0.15, 0.2) is 11.0 Å². The normalized spacial score (nSPS) is 24.7. The van der Waals surface area contributed by atoms with Gasteiger partial charge in [0.2, 0.25) is 0 Å². The molecule has 0 aromatic carbocycles. The molecule has 0 amide bonds. The fraction of sp³-hybridized carbons (Fsp3) is 0.700. The van der Waals surface area contributed by atoms with Crippen molar-refractivity contribution in [3.05, 3.63) is 32.2 Å². The topological polar surface area (TPSA) is 32.3 Å². The van der Waals surface area contributed by atoms with E-state index >= 15 is 0 Å². The molecular formula is C20H30N4S2. The minimum absolute atomic E-state index is 0.758. The van der Waals surface area contributed by atoms with Gasteiger partial charge in [-0.1, -0.05) is 12.8 Å². The molecule has 4 rings (SSSR count). The van der Waals surface area contributed by atoms with Gasteiger partial charge in [0.15, 0.2) is 0 Å². The van der Waals surface area contributed by atoms with E-state index in [4.69, 9.17) is 0 Å². The number of rotatable bonds is 6. The van der Waals surface area contributed by atoms with Crippen LogP contribution in [0.4, 0.5) is 0 Å². The Morgan fingerprint density at radius 3 is 1.69 bits per heavy atom. The van der Waals surface area contributed by atoms with Crippen molar-refractivity contribution in [1.82, 2.24) is 19.8 Å². The summed E-state index contributed by atoms with van der Waals surface area (Å²) in [4.78, 5) is 17.4. The van der Waals surface area contributed by atoms with Gasteiger partial charge in [-0.05, 0) is 39.5 Å². The standard InChI is InChI=1S/C20H30N4S2/c1-15-19(25-13-21-15)7-9-23-11-12-24(18-6-4-3-5-17(18)23)10-8-20-16(2)22-14-26-20/h13-14,17-18H,3-12H2,1-2H3/t17-,18-/m1/s1. The lowest BCUT2D eigenvalue weighted by Gasteiger charge is -2.50. The molecule has 3 heterocycles. The van der Waals surface area contributed by atoms with Crippen molar-refractivity contribution in [2.75, 3.05) is 26.2 Å². The first kappa shape index (κ1) is 18.5. The van der Waals surface area contributed by atoms with E-state index in [2.05, 4.69) is 33.6 Å². The molecular weight excluding hydrogens is 360 g/mol. The van der Waals surface area contributed by atoms with Crippen molar-refractivity contribution >= 4 is 22.7 Å². The third kappa shape index (κ3) is 4.03. The lowest BCUT2D eigenvalue weighted by atomic mass is 9.86.